The molecule has 0 spiro atoms. The van der Waals surface area contributed by atoms with Gasteiger partial charge in [-0.2, -0.15) is 0 Å². The minimum atomic E-state index is 0.0959. The van der Waals surface area contributed by atoms with Gasteiger partial charge >= 0.3 is 0 Å². The van der Waals surface area contributed by atoms with Crippen LogP contribution in [-0.2, 0) is 4.79 Å². The normalized spacial score (nSPS) is 18.8. The van der Waals surface area contributed by atoms with Crippen LogP contribution in [0.2, 0.25) is 0 Å². The van der Waals surface area contributed by atoms with Crippen molar-refractivity contribution in [3.63, 3.8) is 0 Å². The summed E-state index contributed by atoms with van der Waals surface area (Å²) in [7, 11) is 1.87. The summed E-state index contributed by atoms with van der Waals surface area (Å²) >= 11 is 0. The molecule has 0 aliphatic heterocycles. The molecule has 0 atom stereocenters. The van der Waals surface area contributed by atoms with Crippen LogP contribution in [0.15, 0.2) is 0 Å². The van der Waals surface area contributed by atoms with Crippen LogP contribution < -0.4 is 5.73 Å². The molecule has 3 heteroatoms. The molecule has 13 heavy (non-hydrogen) atoms. The Hall–Kier alpha value is -0.570. The number of amides is 1. The third kappa shape index (κ3) is 2.44. The third-order valence-corrected chi connectivity index (χ3v) is 2.83. The van der Waals surface area contributed by atoms with Gasteiger partial charge in [0.25, 0.3) is 0 Å². The van der Waals surface area contributed by atoms with Crippen LogP contribution in [0, 0.1) is 11.3 Å². The SMILES string of the molecule is CC(C)C(=O)N(C)CC1(CN)CC1. The molecule has 0 bridgehead atoms. The molecular weight excluding hydrogens is 164 g/mol. The van der Waals surface area contributed by atoms with Gasteiger partial charge in [0.2, 0.25) is 5.91 Å². The fraction of sp³-hybridized carbons (Fsp3) is 0.900. The van der Waals surface area contributed by atoms with E-state index in [1.807, 2.05) is 25.8 Å². The Balaban J connectivity index is 2.41. The highest BCUT2D eigenvalue weighted by Crippen LogP contribution is 2.44. The lowest BCUT2D eigenvalue weighted by atomic mass is 10.1. The highest BCUT2D eigenvalue weighted by Gasteiger charge is 2.42. The topological polar surface area (TPSA) is 46.3 Å². The van der Waals surface area contributed by atoms with Gasteiger partial charge < -0.3 is 10.6 Å². The molecule has 1 aliphatic rings. The second kappa shape index (κ2) is 3.66. The summed E-state index contributed by atoms with van der Waals surface area (Å²) in [6, 6.07) is 0. The van der Waals surface area contributed by atoms with Crippen molar-refractivity contribution >= 4 is 5.91 Å². The number of nitrogens with zero attached hydrogens (tertiary/aromatic N) is 1. The molecule has 76 valence electrons. The fourth-order valence-electron chi connectivity index (χ4n) is 1.63. The number of rotatable bonds is 4. The van der Waals surface area contributed by atoms with Crippen molar-refractivity contribution in [3.8, 4) is 0 Å². The van der Waals surface area contributed by atoms with Gasteiger partial charge in [0.05, 0.1) is 0 Å². The Labute approximate surface area is 80.3 Å². The molecule has 0 unspecified atom stereocenters. The molecule has 2 N–H and O–H groups in total. The maximum atomic E-state index is 11.5. The predicted octanol–water partition coefficient (Wildman–Crippen LogP) is 0.840. The van der Waals surface area contributed by atoms with E-state index < -0.39 is 0 Å². The zero-order valence-electron chi connectivity index (χ0n) is 8.84. The molecule has 0 heterocycles. The minimum absolute atomic E-state index is 0.0959. The summed E-state index contributed by atoms with van der Waals surface area (Å²) in [4.78, 5) is 13.4. The Morgan fingerprint density at radius 2 is 2.08 bits per heavy atom. The van der Waals surface area contributed by atoms with E-state index in [2.05, 4.69) is 0 Å². The van der Waals surface area contributed by atoms with Crippen LogP contribution in [-0.4, -0.2) is 30.9 Å². The second-order valence-electron chi connectivity index (χ2n) is 4.55. The Morgan fingerprint density at radius 3 is 2.38 bits per heavy atom. The van der Waals surface area contributed by atoms with Gasteiger partial charge in [0, 0.05) is 24.9 Å². The van der Waals surface area contributed by atoms with Crippen LogP contribution in [0.3, 0.4) is 0 Å². The first kappa shape index (κ1) is 10.5. The molecule has 3 nitrogen and oxygen atoms in total. The third-order valence-electron chi connectivity index (χ3n) is 2.83. The lowest BCUT2D eigenvalue weighted by Gasteiger charge is -2.24. The monoisotopic (exact) mass is 184 g/mol. The summed E-state index contributed by atoms with van der Waals surface area (Å²) in [5.41, 5.74) is 5.92. The van der Waals surface area contributed by atoms with E-state index in [0.29, 0.717) is 6.54 Å². The second-order valence-corrected chi connectivity index (χ2v) is 4.55. The van der Waals surface area contributed by atoms with Gasteiger partial charge in [-0.25, -0.2) is 0 Å². The van der Waals surface area contributed by atoms with Gasteiger partial charge in [0.15, 0.2) is 0 Å². The van der Waals surface area contributed by atoms with E-state index in [1.165, 1.54) is 12.8 Å². The molecule has 0 aromatic heterocycles. The quantitative estimate of drug-likeness (QED) is 0.703. The summed E-state index contributed by atoms with van der Waals surface area (Å²) in [5.74, 6) is 0.318. The first-order chi connectivity index (χ1) is 6.01. The lowest BCUT2D eigenvalue weighted by molar-refractivity contribution is -0.133. The van der Waals surface area contributed by atoms with Crippen molar-refractivity contribution in [2.45, 2.75) is 26.7 Å². The Kier molecular flexibility index (Phi) is 2.96. The molecule has 1 fully saturated rings. The van der Waals surface area contributed by atoms with Crippen molar-refractivity contribution in [1.82, 2.24) is 4.90 Å². The average Bonchev–Trinajstić information content (AvgIpc) is 2.84. The van der Waals surface area contributed by atoms with Crippen molar-refractivity contribution in [2.75, 3.05) is 20.1 Å². The van der Waals surface area contributed by atoms with Gasteiger partial charge in [-0.1, -0.05) is 13.8 Å². The maximum Gasteiger partial charge on any atom is 0.224 e. The number of carbonyl (C=O) groups is 1. The van der Waals surface area contributed by atoms with E-state index in [9.17, 15) is 4.79 Å². The highest BCUT2D eigenvalue weighted by atomic mass is 16.2. The van der Waals surface area contributed by atoms with E-state index in [4.69, 9.17) is 5.73 Å². The molecule has 1 rings (SSSR count). The number of hydrogen-bond acceptors (Lipinski definition) is 2. The van der Waals surface area contributed by atoms with E-state index in [1.54, 1.807) is 0 Å². The molecule has 1 saturated carbocycles. The molecular formula is C10H20N2O. The zero-order valence-corrected chi connectivity index (χ0v) is 8.84. The average molecular weight is 184 g/mol. The minimum Gasteiger partial charge on any atom is -0.345 e. The van der Waals surface area contributed by atoms with E-state index >= 15 is 0 Å². The molecule has 0 aromatic rings. The number of hydrogen-bond donors (Lipinski definition) is 1. The van der Waals surface area contributed by atoms with Gasteiger partial charge in [-0.15, -0.1) is 0 Å². The largest absolute Gasteiger partial charge is 0.345 e. The Bertz CT molecular complexity index is 197. The summed E-state index contributed by atoms with van der Waals surface area (Å²) in [5, 5.41) is 0. The van der Waals surface area contributed by atoms with Crippen molar-refractivity contribution < 1.29 is 4.79 Å². The van der Waals surface area contributed by atoms with Crippen molar-refractivity contribution in [2.24, 2.45) is 17.1 Å². The zero-order chi connectivity index (χ0) is 10.1. The predicted molar refractivity (Wildman–Crippen MR) is 53.2 cm³/mol. The molecule has 0 saturated heterocycles. The van der Waals surface area contributed by atoms with Crippen LogP contribution in [0.4, 0.5) is 0 Å². The molecule has 0 aromatic carbocycles. The summed E-state index contributed by atoms with van der Waals surface area (Å²) < 4.78 is 0. The molecule has 0 radical (unpaired) electrons. The van der Waals surface area contributed by atoms with Gasteiger partial charge in [-0.05, 0) is 19.4 Å². The summed E-state index contributed by atoms with van der Waals surface area (Å²) in [6.45, 7) is 5.41. The van der Waals surface area contributed by atoms with Crippen LogP contribution in [0.1, 0.15) is 26.7 Å². The fourth-order valence-corrected chi connectivity index (χ4v) is 1.63. The van der Waals surface area contributed by atoms with E-state index in [-0.39, 0.29) is 17.2 Å². The van der Waals surface area contributed by atoms with Crippen molar-refractivity contribution in [1.29, 1.82) is 0 Å². The van der Waals surface area contributed by atoms with Crippen LogP contribution >= 0.6 is 0 Å². The highest BCUT2D eigenvalue weighted by molar-refractivity contribution is 5.77. The standard InChI is InChI=1S/C10H20N2O/c1-8(2)9(13)12(3)7-10(6-11)4-5-10/h8H,4-7,11H2,1-3H3. The Morgan fingerprint density at radius 1 is 1.54 bits per heavy atom. The maximum absolute atomic E-state index is 11.5. The lowest BCUT2D eigenvalue weighted by Crippen LogP contribution is -2.37. The van der Waals surface area contributed by atoms with Gasteiger partial charge in [0.1, 0.15) is 0 Å². The first-order valence-corrected chi connectivity index (χ1v) is 4.96. The van der Waals surface area contributed by atoms with E-state index in [0.717, 1.165) is 6.54 Å². The van der Waals surface area contributed by atoms with Gasteiger partial charge in [-0.3, -0.25) is 4.79 Å². The number of nitrogens with two attached hydrogens (primary N) is 1. The van der Waals surface area contributed by atoms with Crippen LogP contribution in [0.5, 0.6) is 0 Å². The molecule has 1 amide bonds. The first-order valence-electron chi connectivity index (χ1n) is 4.96. The van der Waals surface area contributed by atoms with Crippen molar-refractivity contribution in [3.05, 3.63) is 0 Å². The smallest absolute Gasteiger partial charge is 0.224 e. The summed E-state index contributed by atoms with van der Waals surface area (Å²) in [6.07, 6.45) is 2.36. The number of carbonyl (C=O) groups excluding carboxylic acids is 1. The van der Waals surface area contributed by atoms with Crippen LogP contribution in [0.25, 0.3) is 0 Å². The molecule has 1 aliphatic carbocycles.